The fraction of sp³-hybridized carbons (Fsp3) is 0. The summed E-state index contributed by atoms with van der Waals surface area (Å²) in [5, 5.41) is 0.194. The SMILES string of the molecule is Nc1ccc(S(=O)(=O)Nc2c(Br)cccc2Br)cc1Cl. The molecule has 0 aliphatic carbocycles. The zero-order valence-electron chi connectivity index (χ0n) is 9.90. The standard InChI is InChI=1S/C12H9Br2ClN2O2S/c13-8-2-1-3-9(14)12(8)17-20(18,19)7-4-5-11(16)10(15)6-7/h1-6,17H,16H2. The van der Waals surface area contributed by atoms with Crippen molar-refractivity contribution in [2.75, 3.05) is 10.5 Å². The molecule has 0 heterocycles. The first-order chi connectivity index (χ1) is 9.31. The Morgan fingerprint density at radius 3 is 2.25 bits per heavy atom. The number of hydrogen-bond acceptors (Lipinski definition) is 3. The van der Waals surface area contributed by atoms with Gasteiger partial charge in [-0.1, -0.05) is 17.7 Å². The molecule has 0 aromatic heterocycles. The van der Waals surface area contributed by atoms with Crippen LogP contribution in [-0.4, -0.2) is 8.42 Å². The van der Waals surface area contributed by atoms with Gasteiger partial charge in [0.15, 0.2) is 0 Å². The van der Waals surface area contributed by atoms with Crippen LogP contribution in [0.4, 0.5) is 11.4 Å². The second-order valence-corrected chi connectivity index (χ2v) is 7.68. The molecule has 4 nitrogen and oxygen atoms in total. The van der Waals surface area contributed by atoms with Crippen molar-refractivity contribution in [2.24, 2.45) is 0 Å². The molecule has 0 aliphatic heterocycles. The lowest BCUT2D eigenvalue weighted by molar-refractivity contribution is 0.601. The molecule has 2 aromatic rings. The molecule has 106 valence electrons. The second kappa shape index (κ2) is 5.93. The Morgan fingerprint density at radius 2 is 1.70 bits per heavy atom. The third kappa shape index (κ3) is 3.28. The summed E-state index contributed by atoms with van der Waals surface area (Å²) in [5.41, 5.74) is 6.31. The number of sulfonamides is 1. The number of para-hydroxylation sites is 1. The molecule has 0 radical (unpaired) electrons. The zero-order valence-corrected chi connectivity index (χ0v) is 14.6. The maximum Gasteiger partial charge on any atom is 0.262 e. The highest BCUT2D eigenvalue weighted by Crippen LogP contribution is 2.33. The van der Waals surface area contributed by atoms with Crippen molar-refractivity contribution in [1.29, 1.82) is 0 Å². The molecule has 0 saturated heterocycles. The first-order valence-electron chi connectivity index (χ1n) is 5.33. The molecule has 8 heteroatoms. The molecule has 0 aliphatic rings. The number of hydrogen-bond donors (Lipinski definition) is 2. The van der Waals surface area contributed by atoms with E-state index >= 15 is 0 Å². The van der Waals surface area contributed by atoms with Crippen LogP contribution >= 0.6 is 43.5 Å². The Bertz CT molecular complexity index is 746. The molecule has 0 atom stereocenters. The second-order valence-electron chi connectivity index (χ2n) is 3.89. The molecule has 0 unspecified atom stereocenters. The third-order valence-electron chi connectivity index (χ3n) is 2.48. The van der Waals surface area contributed by atoms with Crippen LogP contribution in [-0.2, 0) is 10.0 Å². The van der Waals surface area contributed by atoms with E-state index in [-0.39, 0.29) is 9.92 Å². The zero-order chi connectivity index (χ0) is 14.9. The number of benzene rings is 2. The van der Waals surface area contributed by atoms with Crippen molar-refractivity contribution in [1.82, 2.24) is 0 Å². The van der Waals surface area contributed by atoms with Gasteiger partial charge >= 0.3 is 0 Å². The predicted molar refractivity (Wildman–Crippen MR) is 88.5 cm³/mol. The van der Waals surface area contributed by atoms with Gasteiger partial charge in [0.05, 0.1) is 21.3 Å². The average molecular weight is 441 g/mol. The highest BCUT2D eigenvalue weighted by Gasteiger charge is 2.18. The molecule has 0 amide bonds. The van der Waals surface area contributed by atoms with Gasteiger partial charge in [-0.15, -0.1) is 0 Å². The van der Waals surface area contributed by atoms with Crippen LogP contribution in [0.25, 0.3) is 0 Å². The minimum Gasteiger partial charge on any atom is -0.398 e. The topological polar surface area (TPSA) is 72.2 Å². The summed E-state index contributed by atoms with van der Waals surface area (Å²) in [6.45, 7) is 0. The van der Waals surface area contributed by atoms with E-state index < -0.39 is 10.0 Å². The first kappa shape index (κ1) is 15.6. The highest BCUT2D eigenvalue weighted by atomic mass is 79.9. The van der Waals surface area contributed by atoms with Crippen molar-refractivity contribution in [3.05, 3.63) is 50.4 Å². The summed E-state index contributed by atoms with van der Waals surface area (Å²) in [5.74, 6) is 0. The van der Waals surface area contributed by atoms with Gasteiger partial charge < -0.3 is 5.73 Å². The minimum atomic E-state index is -3.75. The largest absolute Gasteiger partial charge is 0.398 e. The van der Waals surface area contributed by atoms with Crippen LogP contribution in [0.3, 0.4) is 0 Å². The molecule has 2 rings (SSSR count). The van der Waals surface area contributed by atoms with Crippen molar-refractivity contribution in [2.45, 2.75) is 4.90 Å². The van der Waals surface area contributed by atoms with Gasteiger partial charge in [0.25, 0.3) is 10.0 Å². The lowest BCUT2D eigenvalue weighted by Crippen LogP contribution is -2.14. The average Bonchev–Trinajstić information content (AvgIpc) is 2.37. The lowest BCUT2D eigenvalue weighted by Gasteiger charge is -2.12. The Labute approximate surface area is 138 Å². The summed E-state index contributed by atoms with van der Waals surface area (Å²) in [7, 11) is -3.75. The number of halogens is 3. The normalized spacial score (nSPS) is 11.3. The van der Waals surface area contributed by atoms with E-state index in [0.717, 1.165) is 0 Å². The lowest BCUT2D eigenvalue weighted by atomic mass is 10.3. The summed E-state index contributed by atoms with van der Waals surface area (Å²) in [6.07, 6.45) is 0. The Balaban J connectivity index is 2.43. The van der Waals surface area contributed by atoms with Crippen molar-refractivity contribution < 1.29 is 8.42 Å². The summed E-state index contributed by atoms with van der Waals surface area (Å²) >= 11 is 12.4. The van der Waals surface area contributed by atoms with Crippen molar-refractivity contribution in [3.63, 3.8) is 0 Å². The Kier molecular flexibility index (Phi) is 4.63. The fourth-order valence-electron chi connectivity index (χ4n) is 1.46. The molecule has 20 heavy (non-hydrogen) atoms. The molecule has 0 saturated carbocycles. The van der Waals surface area contributed by atoms with Crippen LogP contribution in [0.2, 0.25) is 5.02 Å². The monoisotopic (exact) mass is 438 g/mol. The van der Waals surface area contributed by atoms with Gasteiger partial charge in [-0.25, -0.2) is 8.42 Å². The summed E-state index contributed by atoms with van der Waals surface area (Å²) in [6, 6.07) is 9.41. The number of anilines is 2. The van der Waals surface area contributed by atoms with Gasteiger partial charge in [-0.3, -0.25) is 4.72 Å². The van der Waals surface area contributed by atoms with Crippen molar-refractivity contribution in [3.8, 4) is 0 Å². The Morgan fingerprint density at radius 1 is 1.10 bits per heavy atom. The number of nitrogens with one attached hydrogen (secondary N) is 1. The quantitative estimate of drug-likeness (QED) is 0.701. The number of nitrogen functional groups attached to an aromatic ring is 1. The summed E-state index contributed by atoms with van der Waals surface area (Å²) in [4.78, 5) is 0.0411. The van der Waals surface area contributed by atoms with Crippen molar-refractivity contribution >= 4 is 64.9 Å². The maximum atomic E-state index is 12.3. The van der Waals surface area contributed by atoms with E-state index in [0.29, 0.717) is 20.3 Å². The molecular weight excluding hydrogens is 431 g/mol. The van der Waals surface area contributed by atoms with Crippen LogP contribution in [0, 0.1) is 0 Å². The highest BCUT2D eigenvalue weighted by molar-refractivity contribution is 9.11. The molecular formula is C12H9Br2ClN2O2S. The predicted octanol–water partition coefficient (Wildman–Crippen LogP) is 4.25. The Hall–Kier alpha value is -0.760. The van der Waals surface area contributed by atoms with Gasteiger partial charge in [0.2, 0.25) is 0 Å². The first-order valence-corrected chi connectivity index (χ1v) is 8.78. The fourth-order valence-corrected chi connectivity index (χ4v) is 4.29. The van der Waals surface area contributed by atoms with E-state index in [4.69, 9.17) is 17.3 Å². The maximum absolute atomic E-state index is 12.3. The molecule has 3 N–H and O–H groups in total. The van der Waals surface area contributed by atoms with E-state index in [1.54, 1.807) is 18.2 Å². The van der Waals surface area contributed by atoms with Gasteiger partial charge in [0.1, 0.15) is 0 Å². The molecule has 0 spiro atoms. The smallest absolute Gasteiger partial charge is 0.262 e. The third-order valence-corrected chi connectivity index (χ3v) is 5.48. The van der Waals surface area contributed by atoms with Crippen LogP contribution in [0.5, 0.6) is 0 Å². The molecule has 2 aromatic carbocycles. The van der Waals surface area contributed by atoms with Crippen LogP contribution < -0.4 is 10.5 Å². The van der Waals surface area contributed by atoms with Gasteiger partial charge in [-0.05, 0) is 62.2 Å². The van der Waals surface area contributed by atoms with E-state index in [9.17, 15) is 8.42 Å². The molecule has 0 fully saturated rings. The van der Waals surface area contributed by atoms with E-state index in [1.807, 2.05) is 0 Å². The van der Waals surface area contributed by atoms with Crippen LogP contribution in [0.15, 0.2) is 50.2 Å². The number of nitrogens with two attached hydrogens (primary N) is 1. The molecule has 0 bridgehead atoms. The van der Waals surface area contributed by atoms with E-state index in [1.165, 1.54) is 18.2 Å². The van der Waals surface area contributed by atoms with Gasteiger partial charge in [-0.2, -0.15) is 0 Å². The number of rotatable bonds is 3. The minimum absolute atomic E-state index is 0.0411. The van der Waals surface area contributed by atoms with Gasteiger partial charge in [0, 0.05) is 8.95 Å². The van der Waals surface area contributed by atoms with E-state index in [2.05, 4.69) is 36.6 Å². The summed E-state index contributed by atoms with van der Waals surface area (Å²) < 4.78 is 28.4. The van der Waals surface area contributed by atoms with Crippen LogP contribution in [0.1, 0.15) is 0 Å².